The average Bonchev–Trinajstić information content (AvgIpc) is 2.31. The predicted molar refractivity (Wildman–Crippen MR) is 77.3 cm³/mol. The summed E-state index contributed by atoms with van der Waals surface area (Å²) in [5.74, 6) is 0.950. The zero-order valence-electron chi connectivity index (χ0n) is 10.8. The van der Waals surface area contributed by atoms with Crippen LogP contribution in [0.4, 0.5) is 5.69 Å². The second-order valence-corrected chi connectivity index (χ2v) is 6.81. The minimum Gasteiger partial charge on any atom is -0.398 e. The maximum absolute atomic E-state index is 11.9. The molecule has 1 rings (SSSR count). The first-order chi connectivity index (χ1) is 8.51. The molecule has 0 atom stereocenters. The van der Waals surface area contributed by atoms with Crippen LogP contribution >= 0.6 is 11.8 Å². The van der Waals surface area contributed by atoms with Gasteiger partial charge in [0.15, 0.2) is 0 Å². The van der Waals surface area contributed by atoms with E-state index in [0.29, 0.717) is 12.2 Å². The SMILES string of the molecule is CCCCSc1cc(S(=O)(=O)NCC)ccc1N. The third kappa shape index (κ3) is 4.19. The maximum atomic E-state index is 11.9. The summed E-state index contributed by atoms with van der Waals surface area (Å²) < 4.78 is 26.2. The first kappa shape index (κ1) is 15.3. The minimum absolute atomic E-state index is 0.276. The number of thioether (sulfide) groups is 1. The van der Waals surface area contributed by atoms with E-state index in [9.17, 15) is 8.42 Å². The van der Waals surface area contributed by atoms with Gasteiger partial charge in [-0.1, -0.05) is 20.3 Å². The molecule has 4 nitrogen and oxygen atoms in total. The fraction of sp³-hybridized carbons (Fsp3) is 0.500. The Hall–Kier alpha value is -0.720. The fourth-order valence-corrected chi connectivity index (χ4v) is 3.65. The molecule has 0 amide bonds. The molecule has 1 aromatic rings. The van der Waals surface area contributed by atoms with Crippen molar-refractivity contribution in [1.29, 1.82) is 0 Å². The highest BCUT2D eigenvalue weighted by Crippen LogP contribution is 2.28. The van der Waals surface area contributed by atoms with Crippen LogP contribution in [0.5, 0.6) is 0 Å². The molecule has 3 N–H and O–H groups in total. The van der Waals surface area contributed by atoms with Gasteiger partial charge in [-0.25, -0.2) is 13.1 Å². The number of nitrogen functional groups attached to an aromatic ring is 1. The van der Waals surface area contributed by atoms with E-state index in [0.717, 1.165) is 23.5 Å². The van der Waals surface area contributed by atoms with E-state index in [1.165, 1.54) is 6.07 Å². The molecule has 0 unspecified atom stereocenters. The lowest BCUT2D eigenvalue weighted by Crippen LogP contribution is -2.23. The smallest absolute Gasteiger partial charge is 0.240 e. The third-order valence-corrected chi connectivity index (χ3v) is 5.09. The van der Waals surface area contributed by atoms with Crippen molar-refractivity contribution in [2.75, 3.05) is 18.0 Å². The van der Waals surface area contributed by atoms with Crippen molar-refractivity contribution in [3.63, 3.8) is 0 Å². The second kappa shape index (κ2) is 7.01. The van der Waals surface area contributed by atoms with Crippen molar-refractivity contribution in [2.24, 2.45) is 0 Å². The van der Waals surface area contributed by atoms with E-state index < -0.39 is 10.0 Å². The quantitative estimate of drug-likeness (QED) is 0.459. The van der Waals surface area contributed by atoms with Gasteiger partial charge < -0.3 is 5.73 Å². The summed E-state index contributed by atoms with van der Waals surface area (Å²) in [6.45, 7) is 4.26. The minimum atomic E-state index is -3.40. The molecule has 0 aliphatic heterocycles. The summed E-state index contributed by atoms with van der Waals surface area (Å²) >= 11 is 1.60. The standard InChI is InChI=1S/C12H20N2O2S2/c1-3-5-8-17-12-9-10(6-7-11(12)13)18(15,16)14-4-2/h6-7,9,14H,3-5,8,13H2,1-2H3. The topological polar surface area (TPSA) is 72.2 Å². The van der Waals surface area contributed by atoms with Crippen molar-refractivity contribution >= 4 is 27.5 Å². The number of hydrogen-bond donors (Lipinski definition) is 2. The predicted octanol–water partition coefficient (Wildman–Crippen LogP) is 2.46. The molecule has 18 heavy (non-hydrogen) atoms. The first-order valence-corrected chi connectivity index (χ1v) is 8.50. The van der Waals surface area contributed by atoms with Gasteiger partial charge in [-0.3, -0.25) is 0 Å². The molecule has 0 aromatic heterocycles. The molecule has 0 radical (unpaired) electrons. The highest BCUT2D eigenvalue weighted by molar-refractivity contribution is 7.99. The van der Waals surface area contributed by atoms with Gasteiger partial charge >= 0.3 is 0 Å². The number of sulfonamides is 1. The summed E-state index contributed by atoms with van der Waals surface area (Å²) in [6, 6.07) is 4.84. The molecule has 102 valence electrons. The fourth-order valence-electron chi connectivity index (χ4n) is 1.41. The van der Waals surface area contributed by atoms with Gasteiger partial charge in [0.05, 0.1) is 4.90 Å². The Morgan fingerprint density at radius 1 is 1.33 bits per heavy atom. The molecular formula is C12H20N2O2S2. The van der Waals surface area contributed by atoms with E-state index >= 15 is 0 Å². The van der Waals surface area contributed by atoms with Crippen LogP contribution in [0.1, 0.15) is 26.7 Å². The molecule has 0 saturated carbocycles. The van der Waals surface area contributed by atoms with E-state index in [2.05, 4.69) is 11.6 Å². The van der Waals surface area contributed by atoms with Gasteiger partial charge in [0.1, 0.15) is 0 Å². The zero-order valence-corrected chi connectivity index (χ0v) is 12.4. The van der Waals surface area contributed by atoms with E-state index in [1.807, 2.05) is 0 Å². The van der Waals surface area contributed by atoms with Gasteiger partial charge in [-0.15, -0.1) is 11.8 Å². The Bertz CT molecular complexity index is 487. The monoisotopic (exact) mass is 288 g/mol. The normalized spacial score (nSPS) is 11.7. The van der Waals surface area contributed by atoms with Gasteiger partial charge in [0.25, 0.3) is 0 Å². The highest BCUT2D eigenvalue weighted by Gasteiger charge is 2.14. The van der Waals surface area contributed by atoms with Crippen molar-refractivity contribution in [3.8, 4) is 0 Å². The second-order valence-electron chi connectivity index (χ2n) is 3.90. The Morgan fingerprint density at radius 2 is 2.06 bits per heavy atom. The molecular weight excluding hydrogens is 268 g/mol. The average molecular weight is 288 g/mol. The summed E-state index contributed by atoms with van der Waals surface area (Å²) in [4.78, 5) is 1.11. The largest absolute Gasteiger partial charge is 0.398 e. The molecule has 0 aliphatic rings. The van der Waals surface area contributed by atoms with Crippen molar-refractivity contribution in [3.05, 3.63) is 18.2 Å². The van der Waals surface area contributed by atoms with E-state index in [4.69, 9.17) is 5.73 Å². The molecule has 0 spiro atoms. The first-order valence-electron chi connectivity index (χ1n) is 6.03. The van der Waals surface area contributed by atoms with Gasteiger partial charge in [0.2, 0.25) is 10.0 Å². The van der Waals surface area contributed by atoms with Crippen molar-refractivity contribution in [1.82, 2.24) is 4.72 Å². The number of hydrogen-bond acceptors (Lipinski definition) is 4. The van der Waals surface area contributed by atoms with Crippen LogP contribution in [0.3, 0.4) is 0 Å². The number of nitrogens with two attached hydrogens (primary N) is 1. The summed E-state index contributed by atoms with van der Waals surface area (Å²) in [5, 5.41) is 0. The van der Waals surface area contributed by atoms with Crippen LogP contribution in [-0.4, -0.2) is 20.7 Å². The Kier molecular flexibility index (Phi) is 5.98. The third-order valence-electron chi connectivity index (χ3n) is 2.39. The number of benzene rings is 1. The molecule has 6 heteroatoms. The number of unbranched alkanes of at least 4 members (excludes halogenated alkanes) is 1. The highest BCUT2D eigenvalue weighted by atomic mass is 32.2. The van der Waals surface area contributed by atoms with E-state index in [-0.39, 0.29) is 4.90 Å². The summed E-state index contributed by atoms with van der Waals surface area (Å²) in [7, 11) is -3.40. The van der Waals surface area contributed by atoms with Crippen LogP contribution in [-0.2, 0) is 10.0 Å². The van der Waals surface area contributed by atoms with Gasteiger partial charge in [-0.2, -0.15) is 0 Å². The molecule has 0 bridgehead atoms. The molecule has 0 aliphatic carbocycles. The number of rotatable bonds is 7. The lowest BCUT2D eigenvalue weighted by molar-refractivity contribution is 0.583. The molecule has 0 saturated heterocycles. The van der Waals surface area contributed by atoms with E-state index in [1.54, 1.807) is 30.8 Å². The van der Waals surface area contributed by atoms with Crippen LogP contribution in [0.25, 0.3) is 0 Å². The molecule has 1 aromatic carbocycles. The van der Waals surface area contributed by atoms with Crippen LogP contribution < -0.4 is 10.5 Å². The van der Waals surface area contributed by atoms with Gasteiger partial charge in [-0.05, 0) is 30.4 Å². The number of anilines is 1. The Morgan fingerprint density at radius 3 is 2.67 bits per heavy atom. The summed E-state index contributed by atoms with van der Waals surface area (Å²) in [6.07, 6.45) is 2.20. The van der Waals surface area contributed by atoms with Crippen molar-refractivity contribution < 1.29 is 8.42 Å². The Labute approximate surface area is 113 Å². The Balaban J connectivity index is 2.93. The van der Waals surface area contributed by atoms with Crippen molar-refractivity contribution in [2.45, 2.75) is 36.5 Å². The lowest BCUT2D eigenvalue weighted by Gasteiger charge is -2.09. The maximum Gasteiger partial charge on any atom is 0.240 e. The number of nitrogens with one attached hydrogen (secondary N) is 1. The van der Waals surface area contributed by atoms with Crippen LogP contribution in [0.15, 0.2) is 28.0 Å². The summed E-state index contributed by atoms with van der Waals surface area (Å²) in [5.41, 5.74) is 6.48. The molecule has 0 heterocycles. The van der Waals surface area contributed by atoms with Crippen LogP contribution in [0.2, 0.25) is 0 Å². The lowest BCUT2D eigenvalue weighted by atomic mass is 10.3. The zero-order chi connectivity index (χ0) is 13.6. The van der Waals surface area contributed by atoms with Crippen LogP contribution in [0, 0.1) is 0 Å². The molecule has 0 fully saturated rings. The van der Waals surface area contributed by atoms with Gasteiger partial charge in [0, 0.05) is 17.1 Å².